The van der Waals surface area contributed by atoms with Gasteiger partial charge in [0.15, 0.2) is 0 Å². The Morgan fingerprint density at radius 3 is 2.67 bits per heavy atom. The van der Waals surface area contributed by atoms with Gasteiger partial charge in [-0.3, -0.25) is 0 Å². The fraction of sp³-hybridized carbons (Fsp3) is 0.333. The highest BCUT2D eigenvalue weighted by Crippen LogP contribution is 2.11. The summed E-state index contributed by atoms with van der Waals surface area (Å²) in [5, 5.41) is 0. The molecule has 0 heteroatoms. The summed E-state index contributed by atoms with van der Waals surface area (Å²) in [6.45, 7) is 4.25. The minimum Gasteiger partial charge on any atom is -0.120 e. The van der Waals surface area contributed by atoms with Gasteiger partial charge in [0.25, 0.3) is 0 Å². The third-order valence-corrected chi connectivity index (χ3v) is 2.04. The first-order valence-corrected chi connectivity index (χ1v) is 4.23. The highest BCUT2D eigenvalue weighted by atomic mass is 14.0. The number of benzene rings is 1. The molecule has 0 saturated heterocycles. The zero-order valence-corrected chi connectivity index (χ0v) is 7.72. The van der Waals surface area contributed by atoms with Crippen LogP contribution >= 0.6 is 0 Å². The summed E-state index contributed by atoms with van der Waals surface area (Å²) in [6, 6.07) is 6.51. The summed E-state index contributed by atoms with van der Waals surface area (Å²) in [5.74, 6) is 2.66. The van der Waals surface area contributed by atoms with E-state index < -0.39 is 0 Å². The molecule has 0 atom stereocenters. The molecule has 12 heavy (non-hydrogen) atoms. The largest absolute Gasteiger partial charge is 0.120 e. The predicted molar refractivity (Wildman–Crippen MR) is 53.1 cm³/mol. The molecule has 0 N–H and O–H groups in total. The van der Waals surface area contributed by atoms with Crippen molar-refractivity contribution in [3.8, 4) is 12.3 Å². The lowest BCUT2D eigenvalue weighted by molar-refractivity contribution is 1.01. The Kier molecular flexibility index (Phi) is 2.94. The third-order valence-electron chi connectivity index (χ3n) is 2.04. The van der Waals surface area contributed by atoms with Crippen molar-refractivity contribution in [1.82, 2.24) is 0 Å². The van der Waals surface area contributed by atoms with Crippen LogP contribution < -0.4 is 0 Å². The van der Waals surface area contributed by atoms with Gasteiger partial charge in [-0.05, 0) is 31.4 Å². The Bertz CT molecular complexity index is 302. The standard InChI is InChI=1S/C12H14/c1-4-5-6-12-8-7-10(2)9-11(12)3/h1,7-9H,5-6H2,2-3H3. The van der Waals surface area contributed by atoms with Gasteiger partial charge in [0.2, 0.25) is 0 Å². The maximum atomic E-state index is 5.21. The van der Waals surface area contributed by atoms with Crippen molar-refractivity contribution in [3.63, 3.8) is 0 Å². The van der Waals surface area contributed by atoms with Crippen molar-refractivity contribution < 1.29 is 0 Å². The molecular weight excluding hydrogens is 144 g/mol. The van der Waals surface area contributed by atoms with Gasteiger partial charge in [-0.15, -0.1) is 12.3 Å². The van der Waals surface area contributed by atoms with Crippen LogP contribution in [0.3, 0.4) is 0 Å². The Balaban J connectivity index is 2.81. The second kappa shape index (κ2) is 3.97. The molecule has 0 aliphatic rings. The van der Waals surface area contributed by atoms with Crippen molar-refractivity contribution in [2.75, 3.05) is 0 Å². The molecule has 0 saturated carbocycles. The molecular formula is C12H14. The topological polar surface area (TPSA) is 0 Å². The fourth-order valence-electron chi connectivity index (χ4n) is 1.33. The van der Waals surface area contributed by atoms with Crippen molar-refractivity contribution in [2.45, 2.75) is 26.7 Å². The van der Waals surface area contributed by atoms with Crippen LogP contribution in [0.5, 0.6) is 0 Å². The Morgan fingerprint density at radius 1 is 1.33 bits per heavy atom. The van der Waals surface area contributed by atoms with E-state index >= 15 is 0 Å². The summed E-state index contributed by atoms with van der Waals surface area (Å²) >= 11 is 0. The van der Waals surface area contributed by atoms with Crippen molar-refractivity contribution in [1.29, 1.82) is 0 Å². The van der Waals surface area contributed by atoms with E-state index in [0.29, 0.717) is 0 Å². The number of hydrogen-bond acceptors (Lipinski definition) is 0. The zero-order chi connectivity index (χ0) is 8.97. The maximum absolute atomic E-state index is 5.21. The van der Waals surface area contributed by atoms with Crippen LogP contribution in [-0.2, 0) is 6.42 Å². The Morgan fingerprint density at radius 2 is 2.08 bits per heavy atom. The second-order valence-corrected chi connectivity index (χ2v) is 3.13. The number of hydrogen-bond donors (Lipinski definition) is 0. The number of aryl methyl sites for hydroxylation is 3. The molecule has 1 rings (SSSR count). The molecule has 0 radical (unpaired) electrons. The number of terminal acetylenes is 1. The summed E-state index contributed by atoms with van der Waals surface area (Å²) in [5.41, 5.74) is 4.04. The van der Waals surface area contributed by atoms with Gasteiger partial charge >= 0.3 is 0 Å². The molecule has 0 aliphatic carbocycles. The van der Waals surface area contributed by atoms with Gasteiger partial charge in [-0.25, -0.2) is 0 Å². The molecule has 0 unspecified atom stereocenters. The molecule has 1 aromatic rings. The van der Waals surface area contributed by atoms with Crippen LogP contribution in [0, 0.1) is 26.2 Å². The van der Waals surface area contributed by atoms with Gasteiger partial charge in [-0.1, -0.05) is 23.8 Å². The van der Waals surface area contributed by atoms with Gasteiger partial charge in [0.1, 0.15) is 0 Å². The lowest BCUT2D eigenvalue weighted by atomic mass is 10.0. The van der Waals surface area contributed by atoms with Crippen LogP contribution in [0.15, 0.2) is 18.2 Å². The molecule has 0 aromatic heterocycles. The molecule has 1 aromatic carbocycles. The molecule has 0 amide bonds. The van der Waals surface area contributed by atoms with Gasteiger partial charge < -0.3 is 0 Å². The van der Waals surface area contributed by atoms with E-state index in [4.69, 9.17) is 6.42 Å². The summed E-state index contributed by atoms with van der Waals surface area (Å²) in [6.07, 6.45) is 7.05. The van der Waals surface area contributed by atoms with Crippen LogP contribution in [-0.4, -0.2) is 0 Å². The average Bonchev–Trinajstić information content (AvgIpc) is 2.03. The summed E-state index contributed by atoms with van der Waals surface area (Å²) in [4.78, 5) is 0. The normalized spacial score (nSPS) is 9.42. The second-order valence-electron chi connectivity index (χ2n) is 3.13. The van der Waals surface area contributed by atoms with E-state index in [1.54, 1.807) is 0 Å². The smallest absolute Gasteiger partial charge is 0.0127 e. The zero-order valence-electron chi connectivity index (χ0n) is 7.72. The van der Waals surface area contributed by atoms with E-state index in [0.717, 1.165) is 12.8 Å². The van der Waals surface area contributed by atoms with E-state index in [1.807, 2.05) is 0 Å². The third kappa shape index (κ3) is 2.13. The monoisotopic (exact) mass is 158 g/mol. The quantitative estimate of drug-likeness (QED) is 0.580. The lowest BCUT2D eigenvalue weighted by Gasteiger charge is -2.03. The first-order chi connectivity index (χ1) is 5.74. The fourth-order valence-corrected chi connectivity index (χ4v) is 1.33. The highest BCUT2D eigenvalue weighted by Gasteiger charge is 1.96. The van der Waals surface area contributed by atoms with E-state index in [1.165, 1.54) is 16.7 Å². The SMILES string of the molecule is C#CCCc1ccc(C)cc1C. The van der Waals surface area contributed by atoms with Crippen LogP contribution in [0.4, 0.5) is 0 Å². The van der Waals surface area contributed by atoms with Gasteiger partial charge in [0, 0.05) is 6.42 Å². The predicted octanol–water partition coefficient (Wildman–Crippen LogP) is 2.87. The van der Waals surface area contributed by atoms with Crippen LogP contribution in [0.2, 0.25) is 0 Å². The molecule has 0 bridgehead atoms. The van der Waals surface area contributed by atoms with Crippen LogP contribution in [0.25, 0.3) is 0 Å². The molecule has 0 aliphatic heterocycles. The minimum atomic E-state index is 0.837. The van der Waals surface area contributed by atoms with Crippen LogP contribution in [0.1, 0.15) is 23.1 Å². The first-order valence-electron chi connectivity index (χ1n) is 4.23. The van der Waals surface area contributed by atoms with Crippen molar-refractivity contribution >= 4 is 0 Å². The first kappa shape index (κ1) is 8.87. The van der Waals surface area contributed by atoms with E-state index in [-0.39, 0.29) is 0 Å². The lowest BCUT2D eigenvalue weighted by Crippen LogP contribution is -1.89. The Labute approximate surface area is 74.6 Å². The average molecular weight is 158 g/mol. The van der Waals surface area contributed by atoms with Gasteiger partial charge in [0.05, 0.1) is 0 Å². The molecule has 0 fully saturated rings. The van der Waals surface area contributed by atoms with Crippen molar-refractivity contribution in [3.05, 3.63) is 34.9 Å². The molecule has 62 valence electrons. The Hall–Kier alpha value is -1.22. The van der Waals surface area contributed by atoms with Gasteiger partial charge in [-0.2, -0.15) is 0 Å². The highest BCUT2D eigenvalue weighted by molar-refractivity contribution is 5.30. The minimum absolute atomic E-state index is 0.837. The summed E-state index contributed by atoms with van der Waals surface area (Å²) in [7, 11) is 0. The van der Waals surface area contributed by atoms with E-state index in [2.05, 4.69) is 38.0 Å². The molecule has 0 nitrogen and oxygen atoms in total. The van der Waals surface area contributed by atoms with E-state index in [9.17, 15) is 0 Å². The van der Waals surface area contributed by atoms with Crippen molar-refractivity contribution in [2.24, 2.45) is 0 Å². The summed E-state index contributed by atoms with van der Waals surface area (Å²) < 4.78 is 0. The molecule has 0 heterocycles. The molecule has 0 spiro atoms. The maximum Gasteiger partial charge on any atom is 0.0127 e. The number of rotatable bonds is 2.